The predicted molar refractivity (Wildman–Crippen MR) is 30.3 cm³/mol. The molecular formula is C4H7Cl2. The van der Waals surface area contributed by atoms with E-state index in [1.54, 1.807) is 0 Å². The van der Waals surface area contributed by atoms with Crippen LogP contribution in [0.3, 0.4) is 0 Å². The van der Waals surface area contributed by atoms with Gasteiger partial charge in [0.1, 0.15) is 0 Å². The Balaban J connectivity index is 2.63. The highest BCUT2D eigenvalue weighted by Crippen LogP contribution is 1.98. The molecule has 2 heteroatoms. The van der Waals surface area contributed by atoms with E-state index in [1.165, 1.54) is 0 Å². The number of halogens is 2. The average Bonchev–Trinajstić information content (AvgIpc) is 1.35. The van der Waals surface area contributed by atoms with Crippen LogP contribution in [0.15, 0.2) is 0 Å². The van der Waals surface area contributed by atoms with E-state index in [0.717, 1.165) is 0 Å². The summed E-state index contributed by atoms with van der Waals surface area (Å²) in [4.78, 5) is 0. The number of rotatable bonds is 2. The van der Waals surface area contributed by atoms with Crippen LogP contribution in [0.25, 0.3) is 0 Å². The van der Waals surface area contributed by atoms with Crippen molar-refractivity contribution in [1.82, 2.24) is 0 Å². The van der Waals surface area contributed by atoms with Crippen LogP contribution in [0.5, 0.6) is 0 Å². The van der Waals surface area contributed by atoms with Gasteiger partial charge in [-0.15, -0.1) is 23.2 Å². The van der Waals surface area contributed by atoms with Gasteiger partial charge in [-0.25, -0.2) is 0 Å². The van der Waals surface area contributed by atoms with Crippen molar-refractivity contribution in [2.75, 3.05) is 5.88 Å². The Morgan fingerprint density at radius 3 is 2.33 bits per heavy atom. The molecule has 0 aromatic rings. The summed E-state index contributed by atoms with van der Waals surface area (Å²) in [5.74, 6) is 0.546. The number of hydrogen-bond donors (Lipinski definition) is 0. The van der Waals surface area contributed by atoms with E-state index in [4.69, 9.17) is 23.2 Å². The molecule has 1 unspecified atom stereocenters. The van der Waals surface area contributed by atoms with Gasteiger partial charge in [0.2, 0.25) is 0 Å². The molecule has 0 nitrogen and oxygen atoms in total. The molecule has 1 radical (unpaired) electrons. The Hall–Kier alpha value is 0.580. The minimum absolute atomic E-state index is 0.113. The van der Waals surface area contributed by atoms with Gasteiger partial charge >= 0.3 is 0 Å². The van der Waals surface area contributed by atoms with Crippen LogP contribution in [0.4, 0.5) is 0 Å². The monoisotopic (exact) mass is 125 g/mol. The molecule has 0 N–H and O–H groups in total. The third kappa shape index (κ3) is 4.58. The normalized spacial score (nSPS) is 14.5. The molecule has 0 aliphatic rings. The molecule has 0 saturated carbocycles. The van der Waals surface area contributed by atoms with Crippen LogP contribution >= 0.6 is 23.2 Å². The van der Waals surface area contributed by atoms with Crippen molar-refractivity contribution in [2.45, 2.75) is 12.3 Å². The van der Waals surface area contributed by atoms with Crippen molar-refractivity contribution in [2.24, 2.45) is 0 Å². The molecule has 0 aliphatic heterocycles. The summed E-state index contributed by atoms with van der Waals surface area (Å²) in [6.07, 6.45) is 1.82. The Bertz CT molecular complexity index is 26.7. The van der Waals surface area contributed by atoms with E-state index in [9.17, 15) is 0 Å². The maximum atomic E-state index is 5.44. The first-order valence-electron chi connectivity index (χ1n) is 1.80. The van der Waals surface area contributed by atoms with Crippen LogP contribution in [0.2, 0.25) is 0 Å². The van der Waals surface area contributed by atoms with Crippen LogP contribution in [0.1, 0.15) is 6.92 Å². The average molecular weight is 126 g/mol. The number of hydrogen-bond acceptors (Lipinski definition) is 0. The molecule has 0 aliphatic carbocycles. The lowest BCUT2D eigenvalue weighted by molar-refractivity contribution is 1.11. The van der Waals surface area contributed by atoms with E-state index in [0.29, 0.717) is 5.88 Å². The molecule has 0 fully saturated rings. The molecule has 0 bridgehead atoms. The lowest BCUT2D eigenvalue weighted by atomic mass is 10.4. The summed E-state index contributed by atoms with van der Waals surface area (Å²) in [7, 11) is 0. The predicted octanol–water partition coefficient (Wildman–Crippen LogP) is 2.06. The highest BCUT2D eigenvalue weighted by atomic mass is 35.5. The van der Waals surface area contributed by atoms with Crippen molar-refractivity contribution in [3.8, 4) is 0 Å². The van der Waals surface area contributed by atoms with E-state index >= 15 is 0 Å². The van der Waals surface area contributed by atoms with Gasteiger partial charge in [0.15, 0.2) is 0 Å². The Labute approximate surface area is 48.4 Å². The number of alkyl halides is 2. The standard InChI is InChI=1S/C4H7Cl2/c1-4(6)2-3-5/h2,4H,3H2,1H3. The zero-order valence-corrected chi connectivity index (χ0v) is 5.13. The van der Waals surface area contributed by atoms with Gasteiger partial charge in [0.05, 0.1) is 0 Å². The summed E-state index contributed by atoms with van der Waals surface area (Å²) in [5.41, 5.74) is 0. The molecule has 0 spiro atoms. The van der Waals surface area contributed by atoms with E-state index in [1.807, 2.05) is 13.3 Å². The lowest BCUT2D eigenvalue weighted by Crippen LogP contribution is -1.90. The third-order valence-electron chi connectivity index (χ3n) is 0.414. The highest BCUT2D eigenvalue weighted by molar-refractivity contribution is 6.23. The first kappa shape index (κ1) is 6.58. The zero-order valence-electron chi connectivity index (χ0n) is 3.62. The largest absolute Gasteiger partial charge is 0.126 e. The van der Waals surface area contributed by atoms with Gasteiger partial charge in [-0.1, -0.05) is 0 Å². The van der Waals surface area contributed by atoms with Crippen molar-refractivity contribution >= 4 is 23.2 Å². The minimum atomic E-state index is 0.113. The summed E-state index contributed by atoms with van der Waals surface area (Å²) in [6, 6.07) is 0. The summed E-state index contributed by atoms with van der Waals surface area (Å²) >= 11 is 10.7. The second-order valence-corrected chi connectivity index (χ2v) is 2.06. The SMILES string of the molecule is CC(Cl)[CH]CCl. The lowest BCUT2D eigenvalue weighted by Gasteiger charge is -1.91. The van der Waals surface area contributed by atoms with Crippen molar-refractivity contribution < 1.29 is 0 Å². The zero-order chi connectivity index (χ0) is 4.99. The molecule has 0 aromatic carbocycles. The van der Waals surface area contributed by atoms with Crippen LogP contribution in [-0.2, 0) is 0 Å². The van der Waals surface area contributed by atoms with Gasteiger partial charge in [-0.3, -0.25) is 0 Å². The third-order valence-corrected chi connectivity index (χ3v) is 0.770. The molecule has 0 heterocycles. The quantitative estimate of drug-likeness (QED) is 0.496. The van der Waals surface area contributed by atoms with Crippen molar-refractivity contribution in [3.05, 3.63) is 6.42 Å². The smallest absolute Gasteiger partial charge is 0.0351 e. The first-order valence-corrected chi connectivity index (χ1v) is 2.78. The molecule has 37 valence electrons. The summed E-state index contributed by atoms with van der Waals surface area (Å²) in [6.45, 7) is 1.88. The summed E-state index contributed by atoms with van der Waals surface area (Å²) < 4.78 is 0. The first-order chi connectivity index (χ1) is 2.77. The van der Waals surface area contributed by atoms with Gasteiger partial charge < -0.3 is 0 Å². The van der Waals surface area contributed by atoms with Crippen molar-refractivity contribution in [1.29, 1.82) is 0 Å². The van der Waals surface area contributed by atoms with Crippen LogP contribution in [0, 0.1) is 6.42 Å². The fourth-order valence-corrected chi connectivity index (χ4v) is 0.570. The maximum absolute atomic E-state index is 5.44. The van der Waals surface area contributed by atoms with Gasteiger partial charge in [-0.05, 0) is 13.3 Å². The summed E-state index contributed by atoms with van der Waals surface area (Å²) in [5, 5.41) is 0.113. The second kappa shape index (κ2) is 3.76. The minimum Gasteiger partial charge on any atom is -0.126 e. The van der Waals surface area contributed by atoms with E-state index < -0.39 is 0 Å². The fraction of sp³-hybridized carbons (Fsp3) is 0.750. The molecule has 0 saturated heterocycles. The van der Waals surface area contributed by atoms with E-state index in [2.05, 4.69) is 0 Å². The van der Waals surface area contributed by atoms with Crippen LogP contribution in [-0.4, -0.2) is 11.3 Å². The molecule has 1 atom stereocenters. The fourth-order valence-electron chi connectivity index (χ4n) is 0.123. The molecule has 0 aromatic heterocycles. The van der Waals surface area contributed by atoms with Gasteiger partial charge in [0.25, 0.3) is 0 Å². The Morgan fingerprint density at radius 1 is 1.83 bits per heavy atom. The molecular weight excluding hydrogens is 119 g/mol. The van der Waals surface area contributed by atoms with Gasteiger partial charge in [0, 0.05) is 11.3 Å². The Morgan fingerprint density at radius 2 is 2.33 bits per heavy atom. The van der Waals surface area contributed by atoms with Crippen molar-refractivity contribution in [3.63, 3.8) is 0 Å². The Kier molecular flexibility index (Phi) is 4.12. The highest BCUT2D eigenvalue weighted by Gasteiger charge is 1.90. The maximum Gasteiger partial charge on any atom is 0.0351 e. The molecule has 0 amide bonds. The second-order valence-electron chi connectivity index (χ2n) is 1.07. The van der Waals surface area contributed by atoms with Crippen LogP contribution < -0.4 is 0 Å². The molecule has 0 rings (SSSR count). The van der Waals surface area contributed by atoms with E-state index in [-0.39, 0.29) is 5.38 Å². The molecule has 6 heavy (non-hydrogen) atoms. The van der Waals surface area contributed by atoms with Gasteiger partial charge in [-0.2, -0.15) is 0 Å². The topological polar surface area (TPSA) is 0 Å².